The van der Waals surface area contributed by atoms with Gasteiger partial charge in [-0.15, -0.1) is 0 Å². The Kier molecular flexibility index (Phi) is 3.36. The molecule has 1 fully saturated rings. The van der Waals surface area contributed by atoms with Crippen molar-refractivity contribution in [1.82, 2.24) is 24.6 Å². The monoisotopic (exact) mass is 578 g/mol. The van der Waals surface area contributed by atoms with Crippen LogP contribution in [0.3, 0.4) is 0 Å². The van der Waals surface area contributed by atoms with E-state index in [0.717, 1.165) is 13.1 Å². The zero-order chi connectivity index (χ0) is 49.7. The number of benzene rings is 2. The fourth-order valence-corrected chi connectivity index (χ4v) is 3.31. The molecule has 2 N–H and O–H groups in total. The maximum atomic E-state index is 12.7. The highest BCUT2D eigenvalue weighted by molar-refractivity contribution is 6.02. The predicted molar refractivity (Wildman–Crippen MR) is 160 cm³/mol. The third-order valence-corrected chi connectivity index (χ3v) is 4.97. The van der Waals surface area contributed by atoms with Crippen LogP contribution in [0, 0.1) is 0 Å². The van der Waals surface area contributed by atoms with Gasteiger partial charge in [-0.2, -0.15) is 10.1 Å². The molecule has 1 aliphatic heterocycles. The maximum Gasteiger partial charge on any atom is 0.247 e. The number of amides is 1. The Hall–Kier alpha value is -4.74. The number of methoxy groups -OCH3 is 1. The molecule has 1 aliphatic rings. The molecule has 0 unspecified atom stereocenters. The van der Waals surface area contributed by atoms with Crippen LogP contribution in [0.1, 0.15) is 38.5 Å². The summed E-state index contributed by atoms with van der Waals surface area (Å²) in [7, 11) is -2.61. The number of aromatic nitrogens is 4. The van der Waals surface area contributed by atoms with E-state index in [2.05, 4.69) is 37.0 Å². The number of carbonyl (C=O) groups is 1. The minimum Gasteiger partial charge on any atom is -0.494 e. The highest BCUT2D eigenvalue weighted by Gasteiger charge is 2.20. The third-order valence-electron chi connectivity index (χ3n) is 4.97. The summed E-state index contributed by atoms with van der Waals surface area (Å²) in [4.78, 5) is 20.7. The van der Waals surface area contributed by atoms with Crippen molar-refractivity contribution in [2.45, 2.75) is 6.50 Å². The Morgan fingerprint density at radius 2 is 2.12 bits per heavy atom. The van der Waals surface area contributed by atoms with Crippen molar-refractivity contribution in [3.05, 3.63) is 79.0 Å². The topological polar surface area (TPSA) is 110 Å². The largest absolute Gasteiger partial charge is 0.494 e. The summed E-state index contributed by atoms with van der Waals surface area (Å²) < 4.78 is 209. The van der Waals surface area contributed by atoms with Crippen LogP contribution in [0.2, 0.25) is 0 Å². The molecule has 0 saturated carbocycles. The lowest BCUT2D eigenvalue weighted by atomic mass is 10.1. The molecule has 11 heteroatoms. The van der Waals surface area contributed by atoms with Gasteiger partial charge in [0.1, 0.15) is 5.75 Å². The lowest BCUT2D eigenvalue weighted by molar-refractivity contribution is -0.111. The Bertz CT molecular complexity index is 2540. The number of anilines is 4. The van der Waals surface area contributed by atoms with Gasteiger partial charge in [-0.05, 0) is 26.2 Å². The molecule has 41 heavy (non-hydrogen) atoms. The minimum absolute atomic E-state index is 0.0931. The number of ether oxygens (including phenoxy) is 2. The fourth-order valence-electron chi connectivity index (χ4n) is 3.31. The van der Waals surface area contributed by atoms with Crippen LogP contribution in [0.4, 0.5) is 23.0 Å². The van der Waals surface area contributed by atoms with E-state index in [9.17, 15) is 4.79 Å². The number of hydrogen-bond acceptors (Lipinski definition) is 9. The molecule has 1 amide bonds. The minimum atomic E-state index is -3.65. The Labute approximate surface area is 273 Å². The quantitative estimate of drug-likeness (QED) is 0.269. The average Bonchev–Trinajstić information content (AvgIpc) is 3.50. The summed E-state index contributed by atoms with van der Waals surface area (Å²) in [6, 6.07) is -4.29. The second-order valence-corrected chi connectivity index (χ2v) is 7.68. The van der Waals surface area contributed by atoms with Crippen LogP contribution in [-0.4, -0.2) is 77.7 Å². The third kappa shape index (κ3) is 6.53. The second kappa shape index (κ2) is 12.6. The van der Waals surface area contributed by atoms with E-state index >= 15 is 0 Å². The first kappa shape index (κ1) is 10.9. The predicted octanol–water partition coefficient (Wildman–Crippen LogP) is 4.10. The van der Waals surface area contributed by atoms with Gasteiger partial charge in [0.15, 0.2) is 5.82 Å². The number of hydrogen-bond donors (Lipinski definition) is 2. The molecule has 0 atom stereocenters. The van der Waals surface area contributed by atoms with Crippen LogP contribution < -0.4 is 20.3 Å². The first-order chi connectivity index (χ1) is 29.3. The summed E-state index contributed by atoms with van der Waals surface area (Å²) in [5, 5.41) is 8.73. The molecule has 0 bridgehead atoms. The number of morpholine rings is 1. The van der Waals surface area contributed by atoms with Gasteiger partial charge in [0.25, 0.3) is 0 Å². The normalized spacial score (nSPS) is 27.6. The SMILES string of the molecule is [2H]c1nc(Nc2cc(NC(=O)C=C)c(N3C([2H])([2H])C([2H])([2H])OC([2H])([2H])C3([2H])[2H])cc2OC([2H])([2H])[2H])nc(-n2nc(-c3c([2H])c([2H])c([2H])c([2H])c3[2H])c(C([2H])([2H])N(C)C([2H])([2H])[2H])c2[2H])c1[2H]. The lowest BCUT2D eigenvalue weighted by Crippen LogP contribution is -2.36. The van der Waals surface area contributed by atoms with E-state index in [0.29, 0.717) is 16.8 Å². The standard InChI is InChI=1S/C30H34N8O3/c1-5-28(39)32-23-17-24(26(40-4)18-25(23)37-13-15-41-16-14-37)33-30-31-12-11-27(34-30)38-20-22(19-36(2)3)29(35-38)21-9-7-6-8-10-21/h5-12,17-18,20H,1,13-16,19H2,2-4H3,(H,32,39)(H,31,33,34)/i2D3,4D3,6D,7D,8D,9D,10D,11D,12D,13D2,14D2,15D2,16D2,19D2,20D. The van der Waals surface area contributed by atoms with E-state index in [1.54, 1.807) is 0 Å². The van der Waals surface area contributed by atoms with Gasteiger partial charge >= 0.3 is 0 Å². The van der Waals surface area contributed by atoms with Crippen LogP contribution in [-0.2, 0) is 16.0 Å². The number of carbonyl (C=O) groups excluding carboxylic acids is 1. The Morgan fingerprint density at radius 1 is 1.29 bits per heavy atom. The molecule has 0 spiro atoms. The van der Waals surface area contributed by atoms with Crippen molar-refractivity contribution in [2.24, 2.45) is 0 Å². The van der Waals surface area contributed by atoms with E-state index < -0.39 is 153 Å². The molecule has 4 aromatic rings. The zero-order valence-electron chi connectivity index (χ0n) is 44.8. The molecule has 11 nitrogen and oxygen atoms in total. The van der Waals surface area contributed by atoms with Crippen LogP contribution in [0.15, 0.2) is 73.4 Å². The molecular weight excluding hydrogens is 520 g/mol. The van der Waals surface area contributed by atoms with Crippen molar-refractivity contribution >= 4 is 28.9 Å². The van der Waals surface area contributed by atoms with E-state index in [1.165, 1.54) is 0 Å². The van der Waals surface area contributed by atoms with Crippen molar-refractivity contribution < 1.29 is 47.2 Å². The molecule has 5 rings (SSSR count). The van der Waals surface area contributed by atoms with Gasteiger partial charge in [-0.25, -0.2) is 9.67 Å². The maximum absolute atomic E-state index is 12.7. The summed E-state index contributed by atoms with van der Waals surface area (Å²) in [6.07, 6.45) is -1.44. The van der Waals surface area contributed by atoms with Gasteiger partial charge in [0.05, 0.1) is 69.0 Å². The zero-order valence-corrected chi connectivity index (χ0v) is 20.8. The molecule has 1 saturated heterocycles. The molecule has 0 radical (unpaired) electrons. The van der Waals surface area contributed by atoms with E-state index in [4.69, 9.17) is 37.6 Å². The fraction of sp³-hybridized carbons (Fsp3) is 0.267. The highest BCUT2D eigenvalue weighted by atomic mass is 16.5. The average molecular weight is 579 g/mol. The van der Waals surface area contributed by atoms with Crippen LogP contribution in [0.25, 0.3) is 17.1 Å². The van der Waals surface area contributed by atoms with Gasteiger partial charge < -0.3 is 29.9 Å². The Balaban J connectivity index is 1.83. The number of nitrogens with one attached hydrogen (secondary N) is 2. The molecule has 3 heterocycles. The summed E-state index contributed by atoms with van der Waals surface area (Å²) in [5.74, 6) is -3.70. The lowest BCUT2D eigenvalue weighted by Gasteiger charge is -2.31. The molecule has 2 aromatic heterocycles. The molecule has 2 aromatic carbocycles. The van der Waals surface area contributed by atoms with Crippen molar-refractivity contribution in [2.75, 3.05) is 62.7 Å². The summed E-state index contributed by atoms with van der Waals surface area (Å²) in [6.45, 7) is -17.8. The van der Waals surface area contributed by atoms with Gasteiger partial charge in [-0.1, -0.05) is 36.8 Å². The van der Waals surface area contributed by atoms with Crippen LogP contribution >= 0.6 is 0 Å². The number of nitrogens with zero attached hydrogens (tertiary/aromatic N) is 6. The first-order valence-corrected chi connectivity index (χ1v) is 11.2. The molecule has 0 aliphatic carbocycles. The van der Waals surface area contributed by atoms with Gasteiger partial charge in [-0.3, -0.25) is 4.79 Å². The van der Waals surface area contributed by atoms with Gasteiger partial charge in [0.2, 0.25) is 11.9 Å². The highest BCUT2D eigenvalue weighted by Crippen LogP contribution is 2.38. The smallest absolute Gasteiger partial charge is 0.247 e. The summed E-state index contributed by atoms with van der Waals surface area (Å²) in [5.41, 5.74) is -4.95. The Morgan fingerprint density at radius 3 is 2.88 bits per heavy atom. The second-order valence-electron chi connectivity index (χ2n) is 7.68. The van der Waals surface area contributed by atoms with Crippen LogP contribution in [0.5, 0.6) is 5.75 Å². The molecule has 212 valence electrons. The van der Waals surface area contributed by atoms with Crippen molar-refractivity contribution in [3.63, 3.8) is 0 Å². The van der Waals surface area contributed by atoms with Gasteiger partial charge in [0, 0.05) is 61.9 Å². The van der Waals surface area contributed by atoms with Crippen molar-refractivity contribution in [1.29, 1.82) is 0 Å². The van der Waals surface area contributed by atoms with Crippen molar-refractivity contribution in [3.8, 4) is 22.8 Å². The van der Waals surface area contributed by atoms with E-state index in [-0.39, 0.29) is 9.80 Å². The number of rotatable bonds is 10. The van der Waals surface area contributed by atoms with E-state index in [1.807, 2.05) is 0 Å². The first-order valence-electron chi connectivity index (χ1n) is 23.2. The summed E-state index contributed by atoms with van der Waals surface area (Å²) >= 11 is 0. The molecular formula is C30H34N8O3.